The van der Waals surface area contributed by atoms with Gasteiger partial charge in [0.1, 0.15) is 11.2 Å². The standard InChI is InChI=1S/C22H26F6N4O4/c1-5-29(6-2)16-10-9-15(22(26,27)28)18(19(16)32(35)36)20(30(7-3)8-4)12-11-14(21(23,24)25)13-17(20)31(33)34/h9-13,17H,5-8H2,1-4H3. The van der Waals surface area contributed by atoms with E-state index in [1.807, 2.05) is 0 Å². The van der Waals surface area contributed by atoms with Gasteiger partial charge < -0.3 is 4.90 Å². The number of allylic oxidation sites excluding steroid dienone is 2. The third kappa shape index (κ3) is 5.04. The molecule has 2 unspecified atom stereocenters. The summed E-state index contributed by atoms with van der Waals surface area (Å²) >= 11 is 0. The molecule has 1 aliphatic carbocycles. The molecule has 8 nitrogen and oxygen atoms in total. The molecule has 0 saturated carbocycles. The SMILES string of the molecule is CCN(CC)c1ccc(C(F)(F)F)c(C2(N(CC)CC)C=CC(C(F)(F)F)=CC2[N+](=O)[O-])c1[N+](=O)[O-]. The number of nitrogens with zero attached hydrogens (tertiary/aromatic N) is 4. The molecule has 0 amide bonds. The molecule has 2 atom stereocenters. The van der Waals surface area contributed by atoms with E-state index < -0.39 is 56.2 Å². The fraction of sp³-hybridized carbons (Fsp3) is 0.545. The van der Waals surface area contributed by atoms with E-state index in [4.69, 9.17) is 0 Å². The van der Waals surface area contributed by atoms with Crippen LogP contribution in [0.2, 0.25) is 0 Å². The van der Waals surface area contributed by atoms with Gasteiger partial charge in [-0.1, -0.05) is 26.0 Å². The van der Waals surface area contributed by atoms with Gasteiger partial charge in [0.2, 0.25) is 0 Å². The van der Waals surface area contributed by atoms with E-state index in [-0.39, 0.29) is 37.9 Å². The van der Waals surface area contributed by atoms with Crippen molar-refractivity contribution in [3.8, 4) is 0 Å². The summed E-state index contributed by atoms with van der Waals surface area (Å²) in [7, 11) is 0. The van der Waals surface area contributed by atoms with Gasteiger partial charge in [-0.25, -0.2) is 0 Å². The normalized spacial score (nSPS) is 20.4. The first-order valence-electron chi connectivity index (χ1n) is 11.1. The lowest BCUT2D eigenvalue weighted by Crippen LogP contribution is -2.57. The molecule has 0 N–H and O–H groups in total. The van der Waals surface area contributed by atoms with Crippen LogP contribution in [0.15, 0.2) is 35.9 Å². The molecule has 0 spiro atoms. The van der Waals surface area contributed by atoms with Crippen LogP contribution < -0.4 is 4.90 Å². The summed E-state index contributed by atoms with van der Waals surface area (Å²) in [5, 5.41) is 24.5. The number of hydrogen-bond donors (Lipinski definition) is 0. The molecular formula is C22H26F6N4O4. The zero-order valence-electron chi connectivity index (χ0n) is 20.0. The zero-order chi connectivity index (χ0) is 27.6. The summed E-state index contributed by atoms with van der Waals surface area (Å²) in [6.45, 7) is 6.15. The Balaban J connectivity index is 3.22. The smallest absolute Gasteiger partial charge is 0.367 e. The highest BCUT2D eigenvalue weighted by Gasteiger charge is 2.59. The Morgan fingerprint density at radius 1 is 0.917 bits per heavy atom. The number of anilines is 1. The largest absolute Gasteiger partial charge is 0.417 e. The molecule has 14 heteroatoms. The first-order valence-corrected chi connectivity index (χ1v) is 11.1. The van der Waals surface area contributed by atoms with Gasteiger partial charge in [0.25, 0.3) is 11.7 Å². The number of nitro groups is 2. The summed E-state index contributed by atoms with van der Waals surface area (Å²) in [4.78, 5) is 24.9. The van der Waals surface area contributed by atoms with Crippen LogP contribution in [0.4, 0.5) is 37.7 Å². The van der Waals surface area contributed by atoms with Crippen LogP contribution in [-0.2, 0) is 11.7 Å². The van der Waals surface area contributed by atoms with Gasteiger partial charge in [-0.15, -0.1) is 0 Å². The number of rotatable bonds is 9. The molecule has 1 aromatic carbocycles. The molecule has 0 aromatic heterocycles. The summed E-state index contributed by atoms with van der Waals surface area (Å²) in [5.41, 5.74) is -7.83. The third-order valence-electron chi connectivity index (χ3n) is 6.30. The van der Waals surface area contributed by atoms with Gasteiger partial charge in [-0.05, 0) is 39.1 Å². The minimum absolute atomic E-state index is 0.148. The van der Waals surface area contributed by atoms with E-state index in [2.05, 4.69) is 0 Å². The van der Waals surface area contributed by atoms with Crippen molar-refractivity contribution in [3.63, 3.8) is 0 Å². The van der Waals surface area contributed by atoms with E-state index in [0.717, 1.165) is 11.0 Å². The first kappa shape index (κ1) is 29.1. The van der Waals surface area contributed by atoms with Crippen molar-refractivity contribution in [1.82, 2.24) is 4.90 Å². The van der Waals surface area contributed by atoms with E-state index in [1.54, 1.807) is 13.8 Å². The van der Waals surface area contributed by atoms with Crippen molar-refractivity contribution in [2.75, 3.05) is 31.1 Å². The number of hydrogen-bond acceptors (Lipinski definition) is 6. The Morgan fingerprint density at radius 2 is 1.47 bits per heavy atom. The maximum atomic E-state index is 14.3. The minimum Gasteiger partial charge on any atom is -0.367 e. The number of likely N-dealkylation sites (N-methyl/N-ethyl adjacent to an activating group) is 1. The molecule has 2 rings (SSSR count). The Morgan fingerprint density at radius 3 is 1.86 bits per heavy atom. The summed E-state index contributed by atoms with van der Waals surface area (Å²) in [5.74, 6) is 0. The Hall–Kier alpha value is -3.16. The second-order valence-electron chi connectivity index (χ2n) is 7.96. The van der Waals surface area contributed by atoms with Crippen LogP contribution in [0.5, 0.6) is 0 Å². The molecule has 0 aliphatic heterocycles. The molecule has 36 heavy (non-hydrogen) atoms. The lowest BCUT2D eigenvalue weighted by atomic mass is 9.73. The second kappa shape index (κ2) is 10.4. The van der Waals surface area contributed by atoms with Crippen molar-refractivity contribution in [1.29, 1.82) is 0 Å². The molecule has 1 aliphatic rings. The van der Waals surface area contributed by atoms with Crippen molar-refractivity contribution >= 4 is 11.4 Å². The average molecular weight is 524 g/mol. The van der Waals surface area contributed by atoms with Crippen LogP contribution in [0, 0.1) is 20.2 Å². The van der Waals surface area contributed by atoms with Crippen LogP contribution in [0.25, 0.3) is 0 Å². The number of halogens is 6. The van der Waals surface area contributed by atoms with E-state index in [1.165, 1.54) is 18.7 Å². The molecule has 0 bridgehead atoms. The molecule has 0 fully saturated rings. The summed E-state index contributed by atoms with van der Waals surface area (Å²) in [6.07, 6.45) is -8.90. The Kier molecular flexibility index (Phi) is 8.44. The number of nitro benzene ring substituents is 1. The minimum atomic E-state index is -5.20. The van der Waals surface area contributed by atoms with Gasteiger partial charge in [-0.3, -0.25) is 25.1 Å². The van der Waals surface area contributed by atoms with Gasteiger partial charge in [-0.2, -0.15) is 26.3 Å². The van der Waals surface area contributed by atoms with Gasteiger partial charge in [0.05, 0.1) is 21.6 Å². The van der Waals surface area contributed by atoms with E-state index in [9.17, 15) is 46.6 Å². The summed E-state index contributed by atoms with van der Waals surface area (Å²) in [6, 6.07) is -0.904. The Labute approximate surface area is 203 Å². The highest BCUT2D eigenvalue weighted by Crippen LogP contribution is 2.52. The first-order chi connectivity index (χ1) is 16.6. The number of benzene rings is 1. The zero-order valence-corrected chi connectivity index (χ0v) is 20.0. The van der Waals surface area contributed by atoms with E-state index in [0.29, 0.717) is 18.2 Å². The molecular weight excluding hydrogens is 498 g/mol. The maximum absolute atomic E-state index is 14.3. The van der Waals surface area contributed by atoms with Crippen LogP contribution >= 0.6 is 0 Å². The molecule has 0 radical (unpaired) electrons. The lowest BCUT2D eigenvalue weighted by Gasteiger charge is -2.44. The lowest BCUT2D eigenvalue weighted by molar-refractivity contribution is -0.526. The quantitative estimate of drug-likeness (QED) is 0.234. The van der Waals surface area contributed by atoms with Gasteiger partial charge >= 0.3 is 12.4 Å². The van der Waals surface area contributed by atoms with Crippen molar-refractivity contribution in [3.05, 3.63) is 67.3 Å². The molecule has 200 valence electrons. The molecule has 0 heterocycles. The summed E-state index contributed by atoms with van der Waals surface area (Å²) < 4.78 is 83.5. The highest BCUT2D eigenvalue weighted by molar-refractivity contribution is 5.72. The fourth-order valence-electron chi connectivity index (χ4n) is 4.73. The van der Waals surface area contributed by atoms with Crippen molar-refractivity contribution < 1.29 is 36.2 Å². The van der Waals surface area contributed by atoms with E-state index >= 15 is 0 Å². The van der Waals surface area contributed by atoms with Gasteiger partial charge in [0, 0.05) is 24.1 Å². The van der Waals surface area contributed by atoms with Crippen molar-refractivity contribution in [2.45, 2.75) is 51.6 Å². The van der Waals surface area contributed by atoms with Crippen LogP contribution in [0.1, 0.15) is 38.8 Å². The molecule has 0 saturated heterocycles. The second-order valence-corrected chi connectivity index (χ2v) is 7.96. The average Bonchev–Trinajstić information content (AvgIpc) is 2.78. The molecule has 1 aromatic rings. The fourth-order valence-corrected chi connectivity index (χ4v) is 4.73. The predicted molar refractivity (Wildman–Crippen MR) is 120 cm³/mol. The van der Waals surface area contributed by atoms with Gasteiger partial charge in [0.15, 0.2) is 0 Å². The topological polar surface area (TPSA) is 92.8 Å². The van der Waals surface area contributed by atoms with Crippen LogP contribution in [-0.4, -0.2) is 53.1 Å². The predicted octanol–water partition coefficient (Wildman–Crippen LogP) is 5.70. The highest BCUT2D eigenvalue weighted by atomic mass is 19.4. The van der Waals surface area contributed by atoms with Crippen LogP contribution in [0.3, 0.4) is 0 Å². The third-order valence-corrected chi connectivity index (χ3v) is 6.30. The monoisotopic (exact) mass is 524 g/mol. The Bertz CT molecular complexity index is 1060. The maximum Gasteiger partial charge on any atom is 0.417 e. The van der Waals surface area contributed by atoms with Crippen molar-refractivity contribution in [2.24, 2.45) is 0 Å². The number of alkyl halides is 6.